The fraction of sp³-hybridized carbons (Fsp3) is 1.00. The van der Waals surface area contributed by atoms with Gasteiger partial charge in [0, 0.05) is 13.7 Å². The monoisotopic (exact) mass is 215 g/mol. The molecule has 92 valence electrons. The van der Waals surface area contributed by atoms with E-state index in [9.17, 15) is 0 Å². The van der Waals surface area contributed by atoms with Crippen molar-refractivity contribution in [3.8, 4) is 0 Å². The first-order valence-electron chi connectivity index (χ1n) is 6.44. The minimum atomic E-state index is 0.820. The molecule has 2 atom stereocenters. The van der Waals surface area contributed by atoms with E-state index in [1.54, 1.807) is 7.11 Å². The molecule has 15 heavy (non-hydrogen) atoms. The van der Waals surface area contributed by atoms with Crippen molar-refractivity contribution in [2.45, 2.75) is 46.5 Å². The summed E-state index contributed by atoms with van der Waals surface area (Å²) in [6.07, 6.45) is 5.33. The molecule has 0 amide bonds. The van der Waals surface area contributed by atoms with Crippen molar-refractivity contribution < 1.29 is 4.74 Å². The molecule has 0 aliphatic carbocycles. The maximum atomic E-state index is 5.01. The van der Waals surface area contributed by atoms with E-state index in [1.165, 1.54) is 25.7 Å². The lowest BCUT2D eigenvalue weighted by atomic mass is 9.91. The van der Waals surface area contributed by atoms with E-state index in [2.05, 4.69) is 26.1 Å². The Hall–Kier alpha value is -0.0800. The molecule has 2 unspecified atom stereocenters. The topological polar surface area (TPSA) is 21.3 Å². The van der Waals surface area contributed by atoms with Gasteiger partial charge >= 0.3 is 0 Å². The highest BCUT2D eigenvalue weighted by atomic mass is 16.5. The second-order valence-corrected chi connectivity index (χ2v) is 4.60. The Morgan fingerprint density at radius 2 is 2.00 bits per heavy atom. The quantitative estimate of drug-likeness (QED) is 0.565. The summed E-state index contributed by atoms with van der Waals surface area (Å²) in [4.78, 5) is 0. The molecule has 0 spiro atoms. The second kappa shape index (κ2) is 10.4. The number of rotatable bonds is 10. The standard InChI is InChI=1S/C13H29NO/c1-5-7-12(3)10-13(6-2)11-14-8-9-15-4/h12-14H,5-11H2,1-4H3. The lowest BCUT2D eigenvalue weighted by molar-refractivity contribution is 0.196. The highest BCUT2D eigenvalue weighted by Crippen LogP contribution is 2.18. The number of hydrogen-bond acceptors (Lipinski definition) is 2. The van der Waals surface area contributed by atoms with E-state index in [1.807, 2.05) is 0 Å². The maximum absolute atomic E-state index is 5.01. The summed E-state index contributed by atoms with van der Waals surface area (Å²) in [5, 5.41) is 3.46. The van der Waals surface area contributed by atoms with Crippen molar-refractivity contribution in [3.05, 3.63) is 0 Å². The largest absolute Gasteiger partial charge is 0.383 e. The Bertz CT molecular complexity index is 128. The average Bonchev–Trinajstić information content (AvgIpc) is 2.23. The molecule has 0 radical (unpaired) electrons. The summed E-state index contributed by atoms with van der Waals surface area (Å²) in [6, 6.07) is 0. The molecule has 1 N–H and O–H groups in total. The van der Waals surface area contributed by atoms with Crippen molar-refractivity contribution in [2.24, 2.45) is 11.8 Å². The Morgan fingerprint density at radius 1 is 1.27 bits per heavy atom. The minimum Gasteiger partial charge on any atom is -0.383 e. The van der Waals surface area contributed by atoms with Crippen molar-refractivity contribution >= 4 is 0 Å². The van der Waals surface area contributed by atoms with Crippen LogP contribution in [0.5, 0.6) is 0 Å². The molecule has 0 aliphatic heterocycles. The van der Waals surface area contributed by atoms with Crippen molar-refractivity contribution in [1.82, 2.24) is 5.32 Å². The van der Waals surface area contributed by atoms with E-state index in [4.69, 9.17) is 4.74 Å². The molecule has 0 aromatic carbocycles. The van der Waals surface area contributed by atoms with Gasteiger partial charge in [-0.25, -0.2) is 0 Å². The van der Waals surface area contributed by atoms with Gasteiger partial charge < -0.3 is 10.1 Å². The van der Waals surface area contributed by atoms with Crippen LogP contribution in [0.1, 0.15) is 46.5 Å². The van der Waals surface area contributed by atoms with Gasteiger partial charge in [-0.2, -0.15) is 0 Å². The fourth-order valence-corrected chi connectivity index (χ4v) is 2.05. The Balaban J connectivity index is 3.53. The minimum absolute atomic E-state index is 0.820. The van der Waals surface area contributed by atoms with E-state index in [-0.39, 0.29) is 0 Å². The molecule has 0 heterocycles. The van der Waals surface area contributed by atoms with Crippen LogP contribution in [0.15, 0.2) is 0 Å². The third kappa shape index (κ3) is 8.88. The van der Waals surface area contributed by atoms with Crippen molar-refractivity contribution in [2.75, 3.05) is 26.8 Å². The van der Waals surface area contributed by atoms with Crippen LogP contribution < -0.4 is 5.32 Å². The van der Waals surface area contributed by atoms with Crippen LogP contribution in [0.25, 0.3) is 0 Å². The molecule has 0 saturated carbocycles. The maximum Gasteiger partial charge on any atom is 0.0587 e. The predicted octanol–water partition coefficient (Wildman–Crippen LogP) is 3.07. The van der Waals surface area contributed by atoms with E-state index in [0.29, 0.717) is 0 Å². The first kappa shape index (κ1) is 14.9. The fourth-order valence-electron chi connectivity index (χ4n) is 2.05. The van der Waals surface area contributed by atoms with Crippen molar-refractivity contribution in [3.63, 3.8) is 0 Å². The van der Waals surface area contributed by atoms with E-state index < -0.39 is 0 Å². The Morgan fingerprint density at radius 3 is 2.53 bits per heavy atom. The van der Waals surface area contributed by atoms with Crippen LogP contribution in [0.3, 0.4) is 0 Å². The number of nitrogens with one attached hydrogen (secondary N) is 1. The summed E-state index contributed by atoms with van der Waals surface area (Å²) in [5.41, 5.74) is 0. The molecule has 0 aromatic rings. The molecular weight excluding hydrogens is 186 g/mol. The molecule has 0 bridgehead atoms. The molecule has 0 saturated heterocycles. The van der Waals surface area contributed by atoms with Crippen molar-refractivity contribution in [1.29, 1.82) is 0 Å². The number of hydrogen-bond donors (Lipinski definition) is 1. The molecular formula is C13H29NO. The highest BCUT2D eigenvalue weighted by molar-refractivity contribution is 4.65. The average molecular weight is 215 g/mol. The van der Waals surface area contributed by atoms with Crippen LogP contribution in [0.4, 0.5) is 0 Å². The highest BCUT2D eigenvalue weighted by Gasteiger charge is 2.10. The Kier molecular flexibility index (Phi) is 10.4. The molecule has 2 nitrogen and oxygen atoms in total. The predicted molar refractivity (Wildman–Crippen MR) is 67.2 cm³/mol. The lowest BCUT2D eigenvalue weighted by Gasteiger charge is -2.19. The summed E-state index contributed by atoms with van der Waals surface area (Å²) in [7, 11) is 1.75. The van der Waals surface area contributed by atoms with Gasteiger partial charge in [0.2, 0.25) is 0 Å². The summed E-state index contributed by atoms with van der Waals surface area (Å²) in [5.74, 6) is 1.72. The summed E-state index contributed by atoms with van der Waals surface area (Å²) >= 11 is 0. The van der Waals surface area contributed by atoms with Crippen LogP contribution in [-0.2, 0) is 4.74 Å². The van der Waals surface area contributed by atoms with Crippen LogP contribution >= 0.6 is 0 Å². The molecule has 0 aromatic heterocycles. The molecule has 0 aliphatic rings. The third-order valence-electron chi connectivity index (χ3n) is 3.01. The van der Waals surface area contributed by atoms with Gasteiger partial charge in [0.25, 0.3) is 0 Å². The first-order chi connectivity index (χ1) is 7.24. The van der Waals surface area contributed by atoms with E-state index >= 15 is 0 Å². The van der Waals surface area contributed by atoms with Gasteiger partial charge in [-0.05, 0) is 24.8 Å². The normalized spacial score (nSPS) is 15.2. The molecule has 0 rings (SSSR count). The first-order valence-corrected chi connectivity index (χ1v) is 6.44. The zero-order valence-electron chi connectivity index (χ0n) is 11.0. The van der Waals surface area contributed by atoms with Gasteiger partial charge in [0.1, 0.15) is 0 Å². The van der Waals surface area contributed by atoms with Crippen LogP contribution in [-0.4, -0.2) is 26.8 Å². The smallest absolute Gasteiger partial charge is 0.0587 e. The van der Waals surface area contributed by atoms with Gasteiger partial charge in [-0.1, -0.05) is 40.0 Å². The van der Waals surface area contributed by atoms with Gasteiger partial charge in [0.15, 0.2) is 0 Å². The second-order valence-electron chi connectivity index (χ2n) is 4.60. The zero-order chi connectivity index (χ0) is 11.5. The third-order valence-corrected chi connectivity index (χ3v) is 3.01. The van der Waals surface area contributed by atoms with Crippen LogP contribution in [0, 0.1) is 11.8 Å². The molecule has 0 fully saturated rings. The zero-order valence-corrected chi connectivity index (χ0v) is 11.0. The van der Waals surface area contributed by atoms with Gasteiger partial charge in [-0.15, -0.1) is 0 Å². The number of methoxy groups -OCH3 is 1. The van der Waals surface area contributed by atoms with E-state index in [0.717, 1.165) is 31.5 Å². The van der Waals surface area contributed by atoms with Gasteiger partial charge in [-0.3, -0.25) is 0 Å². The van der Waals surface area contributed by atoms with Crippen LogP contribution in [0.2, 0.25) is 0 Å². The Labute approximate surface area is 95.8 Å². The summed E-state index contributed by atoms with van der Waals surface area (Å²) in [6.45, 7) is 9.89. The lowest BCUT2D eigenvalue weighted by Crippen LogP contribution is -2.26. The summed E-state index contributed by atoms with van der Waals surface area (Å²) < 4.78 is 5.01. The number of ether oxygens (including phenoxy) is 1. The van der Waals surface area contributed by atoms with Gasteiger partial charge in [0.05, 0.1) is 6.61 Å². The SMILES string of the molecule is CCCC(C)CC(CC)CNCCOC. The molecule has 2 heteroatoms.